The number of aromatic amines is 1. The lowest BCUT2D eigenvalue weighted by molar-refractivity contribution is -0.0132. The number of fused-ring (bicyclic) bond motifs is 1. The predicted molar refractivity (Wildman–Crippen MR) is 94.0 cm³/mol. The first-order valence-electron chi connectivity index (χ1n) is 7.90. The molecule has 6 heteroatoms. The van der Waals surface area contributed by atoms with Crippen molar-refractivity contribution >= 4 is 22.7 Å². The molecule has 124 valence electrons. The van der Waals surface area contributed by atoms with E-state index in [2.05, 4.69) is 34.4 Å². The van der Waals surface area contributed by atoms with E-state index in [1.54, 1.807) is 19.4 Å². The van der Waals surface area contributed by atoms with Crippen molar-refractivity contribution in [2.24, 2.45) is 0 Å². The van der Waals surface area contributed by atoms with Crippen molar-refractivity contribution in [3.63, 3.8) is 0 Å². The standard InChI is InChI=1S/C18H20N4O2/c1-4-12-9-13-15(11-20-12)21-17(23)14(10-19)16(13)22-7-5-18(2,24-3)6-8-22/h4,9,11H,1,5-8H2,2-3H3,(H,21,23). The van der Waals surface area contributed by atoms with Crippen molar-refractivity contribution in [1.29, 1.82) is 5.26 Å². The monoisotopic (exact) mass is 324 g/mol. The van der Waals surface area contributed by atoms with Crippen molar-refractivity contribution in [1.82, 2.24) is 9.97 Å². The third kappa shape index (κ3) is 2.68. The molecule has 0 bridgehead atoms. The summed E-state index contributed by atoms with van der Waals surface area (Å²) in [6, 6.07) is 3.92. The first-order valence-corrected chi connectivity index (χ1v) is 7.90. The number of hydrogen-bond donors (Lipinski definition) is 1. The van der Waals surface area contributed by atoms with Gasteiger partial charge in [0.2, 0.25) is 0 Å². The van der Waals surface area contributed by atoms with Crippen LogP contribution in [0.5, 0.6) is 0 Å². The van der Waals surface area contributed by atoms with Gasteiger partial charge in [0.1, 0.15) is 11.6 Å². The molecule has 1 aliphatic rings. The number of nitriles is 1. The van der Waals surface area contributed by atoms with Gasteiger partial charge in [-0.25, -0.2) is 0 Å². The fourth-order valence-corrected chi connectivity index (χ4v) is 3.15. The molecule has 1 N–H and O–H groups in total. The summed E-state index contributed by atoms with van der Waals surface area (Å²) in [4.78, 5) is 21.4. The fraction of sp³-hybridized carbons (Fsp3) is 0.389. The van der Waals surface area contributed by atoms with Crippen LogP contribution in [0.15, 0.2) is 23.6 Å². The lowest BCUT2D eigenvalue weighted by Crippen LogP contribution is -2.44. The van der Waals surface area contributed by atoms with E-state index >= 15 is 0 Å². The third-order valence-electron chi connectivity index (χ3n) is 4.84. The first kappa shape index (κ1) is 16.2. The highest BCUT2D eigenvalue weighted by Crippen LogP contribution is 2.33. The summed E-state index contributed by atoms with van der Waals surface area (Å²) < 4.78 is 5.58. The molecule has 3 rings (SSSR count). The van der Waals surface area contributed by atoms with Crippen LogP contribution in [0.4, 0.5) is 5.69 Å². The predicted octanol–water partition coefficient (Wildman–Crippen LogP) is 2.44. The second kappa shape index (κ2) is 6.10. The number of pyridine rings is 2. The molecule has 0 aromatic carbocycles. The van der Waals surface area contributed by atoms with Gasteiger partial charge in [-0.05, 0) is 31.9 Å². The van der Waals surface area contributed by atoms with Crippen LogP contribution >= 0.6 is 0 Å². The smallest absolute Gasteiger partial charge is 0.268 e. The van der Waals surface area contributed by atoms with Crippen LogP contribution in [0, 0.1) is 11.3 Å². The Hall–Kier alpha value is -2.65. The zero-order valence-corrected chi connectivity index (χ0v) is 13.9. The molecule has 0 aliphatic carbocycles. The minimum atomic E-state index is -0.381. The molecule has 1 saturated heterocycles. The molecule has 3 heterocycles. The molecule has 6 nitrogen and oxygen atoms in total. The van der Waals surface area contributed by atoms with Crippen LogP contribution in [-0.4, -0.2) is 35.8 Å². The molecule has 0 amide bonds. The molecule has 0 unspecified atom stereocenters. The molecule has 24 heavy (non-hydrogen) atoms. The maximum atomic E-state index is 12.3. The van der Waals surface area contributed by atoms with Gasteiger partial charge in [-0.15, -0.1) is 0 Å². The Morgan fingerprint density at radius 1 is 1.50 bits per heavy atom. The number of methoxy groups -OCH3 is 1. The average Bonchev–Trinajstić information content (AvgIpc) is 2.61. The van der Waals surface area contributed by atoms with Crippen LogP contribution in [0.3, 0.4) is 0 Å². The van der Waals surface area contributed by atoms with Crippen LogP contribution in [0.25, 0.3) is 17.0 Å². The van der Waals surface area contributed by atoms with Gasteiger partial charge in [0, 0.05) is 25.6 Å². The van der Waals surface area contributed by atoms with E-state index in [1.165, 1.54) is 0 Å². The number of hydrogen-bond acceptors (Lipinski definition) is 5. The Bertz CT molecular complexity index is 886. The summed E-state index contributed by atoms with van der Waals surface area (Å²) in [5.74, 6) is 0. The van der Waals surface area contributed by atoms with E-state index < -0.39 is 0 Å². The van der Waals surface area contributed by atoms with Crippen molar-refractivity contribution in [2.75, 3.05) is 25.1 Å². The normalized spacial score (nSPS) is 16.8. The van der Waals surface area contributed by atoms with E-state index in [0.29, 0.717) is 16.9 Å². The van der Waals surface area contributed by atoms with Gasteiger partial charge >= 0.3 is 0 Å². The SMILES string of the molecule is C=Cc1cc2c(N3CCC(C)(OC)CC3)c(C#N)c(=O)[nH]c2cn1. The maximum Gasteiger partial charge on any atom is 0.268 e. The lowest BCUT2D eigenvalue weighted by Gasteiger charge is -2.40. The highest BCUT2D eigenvalue weighted by molar-refractivity contribution is 5.95. The number of piperidine rings is 1. The van der Waals surface area contributed by atoms with Crippen LogP contribution in [0.1, 0.15) is 31.0 Å². The van der Waals surface area contributed by atoms with Crippen molar-refractivity contribution < 1.29 is 4.74 Å². The minimum absolute atomic E-state index is 0.143. The number of nitrogens with zero attached hydrogens (tertiary/aromatic N) is 3. The van der Waals surface area contributed by atoms with Gasteiger partial charge in [-0.3, -0.25) is 9.78 Å². The second-order valence-corrected chi connectivity index (χ2v) is 6.29. The highest BCUT2D eigenvalue weighted by Gasteiger charge is 2.31. The van der Waals surface area contributed by atoms with E-state index in [4.69, 9.17) is 4.74 Å². The van der Waals surface area contributed by atoms with Crippen LogP contribution in [-0.2, 0) is 4.74 Å². The topological polar surface area (TPSA) is 82.0 Å². The van der Waals surface area contributed by atoms with Gasteiger partial charge in [0.25, 0.3) is 5.56 Å². The van der Waals surface area contributed by atoms with Crippen molar-refractivity contribution in [3.8, 4) is 6.07 Å². The lowest BCUT2D eigenvalue weighted by atomic mass is 9.92. The molecule has 0 atom stereocenters. The van der Waals surface area contributed by atoms with E-state index in [9.17, 15) is 10.1 Å². The van der Waals surface area contributed by atoms with Gasteiger partial charge in [0.15, 0.2) is 0 Å². The molecule has 2 aromatic heterocycles. The van der Waals surface area contributed by atoms with Crippen molar-refractivity contribution in [2.45, 2.75) is 25.4 Å². The van der Waals surface area contributed by atoms with Gasteiger partial charge in [-0.2, -0.15) is 5.26 Å². The molecule has 0 radical (unpaired) electrons. The van der Waals surface area contributed by atoms with Gasteiger partial charge in [-0.1, -0.05) is 6.58 Å². The molecular weight excluding hydrogens is 304 g/mol. The van der Waals surface area contributed by atoms with Gasteiger partial charge in [0.05, 0.1) is 28.7 Å². The van der Waals surface area contributed by atoms with E-state index in [-0.39, 0.29) is 16.7 Å². The van der Waals surface area contributed by atoms with Crippen LogP contribution < -0.4 is 10.5 Å². The zero-order chi connectivity index (χ0) is 17.3. The number of rotatable bonds is 3. The molecule has 1 aliphatic heterocycles. The second-order valence-electron chi connectivity index (χ2n) is 6.29. The largest absolute Gasteiger partial charge is 0.378 e. The summed E-state index contributed by atoms with van der Waals surface area (Å²) in [5, 5.41) is 10.3. The number of nitrogens with one attached hydrogen (secondary N) is 1. The Morgan fingerprint density at radius 2 is 2.21 bits per heavy atom. The number of aromatic nitrogens is 2. The Kier molecular flexibility index (Phi) is 4.12. The third-order valence-corrected chi connectivity index (χ3v) is 4.84. The Morgan fingerprint density at radius 3 is 2.79 bits per heavy atom. The summed E-state index contributed by atoms with van der Waals surface area (Å²) >= 11 is 0. The van der Waals surface area contributed by atoms with Gasteiger partial charge < -0.3 is 14.6 Å². The summed E-state index contributed by atoms with van der Waals surface area (Å²) in [7, 11) is 1.72. The van der Waals surface area contributed by atoms with Crippen LogP contribution in [0.2, 0.25) is 0 Å². The molecular formula is C18H20N4O2. The molecule has 0 spiro atoms. The highest BCUT2D eigenvalue weighted by atomic mass is 16.5. The Labute approximate surface area is 140 Å². The number of H-pyrrole nitrogens is 1. The summed E-state index contributed by atoms with van der Waals surface area (Å²) in [5.41, 5.74) is 1.62. The quantitative estimate of drug-likeness (QED) is 0.938. The summed E-state index contributed by atoms with van der Waals surface area (Å²) in [6.45, 7) is 7.28. The molecule has 0 saturated carbocycles. The van der Waals surface area contributed by atoms with E-state index in [1.807, 2.05) is 6.07 Å². The fourth-order valence-electron chi connectivity index (χ4n) is 3.15. The first-order chi connectivity index (χ1) is 11.5. The average molecular weight is 324 g/mol. The Balaban J connectivity index is 2.16. The number of ether oxygens (including phenoxy) is 1. The minimum Gasteiger partial charge on any atom is -0.378 e. The number of anilines is 1. The zero-order valence-electron chi connectivity index (χ0n) is 13.9. The maximum absolute atomic E-state index is 12.3. The molecule has 1 fully saturated rings. The molecule has 2 aromatic rings. The summed E-state index contributed by atoms with van der Waals surface area (Å²) in [6.07, 6.45) is 4.93. The van der Waals surface area contributed by atoms with E-state index in [0.717, 1.165) is 31.3 Å². The van der Waals surface area contributed by atoms with Crippen molar-refractivity contribution in [3.05, 3.63) is 40.5 Å².